The van der Waals surface area contributed by atoms with Gasteiger partial charge in [0.05, 0.1) is 17.9 Å². The van der Waals surface area contributed by atoms with Crippen molar-refractivity contribution in [3.63, 3.8) is 0 Å². The maximum atomic E-state index is 14.7. The predicted molar refractivity (Wildman–Crippen MR) is 167 cm³/mol. The van der Waals surface area contributed by atoms with Crippen LogP contribution < -0.4 is 27.2 Å². The molecule has 10 nitrogen and oxygen atoms in total. The number of allylic oxidation sites excluding steroid dienone is 3. The van der Waals surface area contributed by atoms with E-state index in [2.05, 4.69) is 32.7 Å². The van der Waals surface area contributed by atoms with Gasteiger partial charge in [-0.05, 0) is 61.0 Å². The van der Waals surface area contributed by atoms with Crippen molar-refractivity contribution in [2.45, 2.75) is 26.2 Å². The Hall–Kier alpha value is -4.87. The second-order valence-electron chi connectivity index (χ2n) is 10.7. The normalized spacial score (nSPS) is 14.2. The molecule has 1 aromatic heterocycles. The number of aromatic amines is 1. The Morgan fingerprint density at radius 3 is 2.53 bits per heavy atom. The lowest BCUT2D eigenvalue weighted by atomic mass is 9.84. The lowest BCUT2D eigenvalue weighted by Crippen LogP contribution is -2.47. The van der Waals surface area contributed by atoms with Gasteiger partial charge in [-0.15, -0.1) is 0 Å². The highest BCUT2D eigenvalue weighted by atomic mass is 19.1. The first-order valence-corrected chi connectivity index (χ1v) is 13.9. The summed E-state index contributed by atoms with van der Waals surface area (Å²) in [5.74, 6) is -1.13. The van der Waals surface area contributed by atoms with Crippen molar-refractivity contribution >= 4 is 23.2 Å². The van der Waals surface area contributed by atoms with Gasteiger partial charge in [0.2, 0.25) is 5.91 Å². The number of nitrogens with one attached hydrogen (secondary N) is 4. The van der Waals surface area contributed by atoms with Gasteiger partial charge < -0.3 is 26.6 Å². The highest BCUT2D eigenvalue weighted by molar-refractivity contribution is 6.04. The second-order valence-corrected chi connectivity index (χ2v) is 10.7. The molecule has 1 aliphatic rings. The van der Waals surface area contributed by atoms with Gasteiger partial charge in [-0.2, -0.15) is 5.10 Å². The molecule has 0 atom stereocenters. The van der Waals surface area contributed by atoms with Crippen LogP contribution in [0.2, 0.25) is 0 Å². The number of rotatable bonds is 10. The van der Waals surface area contributed by atoms with Gasteiger partial charge in [0.15, 0.2) is 0 Å². The Balaban J connectivity index is 1.49. The summed E-state index contributed by atoms with van der Waals surface area (Å²) in [5.41, 5.74) is 8.52. The van der Waals surface area contributed by atoms with Gasteiger partial charge in [0, 0.05) is 47.6 Å². The van der Waals surface area contributed by atoms with Crippen molar-refractivity contribution in [3.05, 3.63) is 112 Å². The first-order valence-electron chi connectivity index (χ1n) is 13.9. The topological polar surface area (TPSA) is 145 Å². The van der Waals surface area contributed by atoms with E-state index in [4.69, 9.17) is 5.73 Å². The van der Waals surface area contributed by atoms with E-state index in [0.29, 0.717) is 42.2 Å². The molecule has 1 saturated heterocycles. The Morgan fingerprint density at radius 2 is 1.86 bits per heavy atom. The van der Waals surface area contributed by atoms with E-state index in [9.17, 15) is 18.8 Å². The molecule has 0 bridgehead atoms. The lowest BCUT2D eigenvalue weighted by Gasteiger charge is -2.28. The molecule has 11 heteroatoms. The standard InChI is InChI=1S/C32H36FN7O3/c1-5-24(40-15-14-35-18-29(40)41)12-6-20(2)36-28-17-26(38-39-31(28)43)22-9-13-25(33)27(16-22)37-30(42)21-7-10-23(11-8-21)32(3,4)19-34/h5-13,16-17,35H,2,14-15,18-19,34H2,1,3-4H3,(H,36,38)(H,37,42)(H,39,43)/b12-6-,24-5+. The number of piperazine rings is 1. The number of halogens is 1. The van der Waals surface area contributed by atoms with Crippen LogP contribution in [0.5, 0.6) is 0 Å². The smallest absolute Gasteiger partial charge is 0.287 e. The minimum Gasteiger partial charge on any atom is -0.351 e. The summed E-state index contributed by atoms with van der Waals surface area (Å²) in [5, 5.41) is 15.1. The van der Waals surface area contributed by atoms with E-state index in [-0.39, 0.29) is 29.2 Å². The third kappa shape index (κ3) is 7.51. The Morgan fingerprint density at radius 1 is 1.12 bits per heavy atom. The fourth-order valence-corrected chi connectivity index (χ4v) is 4.43. The first kappa shape index (κ1) is 31.1. The Kier molecular flexibility index (Phi) is 9.69. The highest BCUT2D eigenvalue weighted by Gasteiger charge is 2.20. The summed E-state index contributed by atoms with van der Waals surface area (Å²) in [6.07, 6.45) is 5.24. The van der Waals surface area contributed by atoms with Crippen molar-refractivity contribution in [2.75, 3.05) is 36.8 Å². The van der Waals surface area contributed by atoms with E-state index in [0.717, 1.165) is 11.3 Å². The number of hydrogen-bond acceptors (Lipinski definition) is 7. The van der Waals surface area contributed by atoms with Crippen LogP contribution in [-0.4, -0.2) is 53.1 Å². The largest absolute Gasteiger partial charge is 0.351 e. The summed E-state index contributed by atoms with van der Waals surface area (Å²) in [7, 11) is 0. The minimum atomic E-state index is -0.623. The molecule has 224 valence electrons. The fourth-order valence-electron chi connectivity index (χ4n) is 4.43. The van der Waals surface area contributed by atoms with Gasteiger partial charge in [-0.3, -0.25) is 14.4 Å². The molecule has 0 radical (unpaired) electrons. The molecule has 0 saturated carbocycles. The van der Waals surface area contributed by atoms with E-state index < -0.39 is 17.3 Å². The van der Waals surface area contributed by atoms with Crippen LogP contribution in [0.15, 0.2) is 89.5 Å². The van der Waals surface area contributed by atoms with Crippen LogP contribution in [0.4, 0.5) is 15.8 Å². The van der Waals surface area contributed by atoms with Crippen molar-refractivity contribution in [1.82, 2.24) is 20.4 Å². The predicted octanol–water partition coefficient (Wildman–Crippen LogP) is 3.88. The number of nitrogens with two attached hydrogens (primary N) is 1. The maximum absolute atomic E-state index is 14.7. The maximum Gasteiger partial charge on any atom is 0.287 e. The highest BCUT2D eigenvalue weighted by Crippen LogP contribution is 2.26. The molecule has 0 unspecified atom stereocenters. The Labute approximate surface area is 249 Å². The molecule has 1 fully saturated rings. The van der Waals surface area contributed by atoms with E-state index >= 15 is 0 Å². The molecule has 0 aliphatic carbocycles. The van der Waals surface area contributed by atoms with Crippen molar-refractivity contribution in [1.29, 1.82) is 0 Å². The first-order chi connectivity index (χ1) is 20.5. The lowest BCUT2D eigenvalue weighted by molar-refractivity contribution is -0.129. The van der Waals surface area contributed by atoms with Crippen LogP contribution in [0.3, 0.4) is 0 Å². The number of H-pyrrole nitrogens is 1. The average Bonchev–Trinajstić information content (AvgIpc) is 3.00. The van der Waals surface area contributed by atoms with E-state index in [1.807, 2.05) is 39.0 Å². The van der Waals surface area contributed by atoms with Crippen LogP contribution in [-0.2, 0) is 10.2 Å². The molecule has 2 heterocycles. The number of hydrogen-bond donors (Lipinski definition) is 5. The summed E-state index contributed by atoms with van der Waals surface area (Å²) in [4.78, 5) is 39.3. The molecule has 2 aromatic carbocycles. The number of amides is 2. The number of aromatic nitrogens is 2. The summed E-state index contributed by atoms with van der Waals surface area (Å²) >= 11 is 0. The third-order valence-corrected chi connectivity index (χ3v) is 7.20. The molecule has 1 aliphatic heterocycles. The van der Waals surface area contributed by atoms with Crippen LogP contribution >= 0.6 is 0 Å². The number of nitrogens with zero attached hydrogens (tertiary/aromatic N) is 2. The zero-order chi connectivity index (χ0) is 31.1. The molecular weight excluding hydrogens is 549 g/mol. The molecule has 6 N–H and O–H groups in total. The zero-order valence-electron chi connectivity index (χ0n) is 24.5. The van der Waals surface area contributed by atoms with Crippen molar-refractivity contribution in [2.24, 2.45) is 5.73 Å². The molecule has 3 aromatic rings. The van der Waals surface area contributed by atoms with Crippen molar-refractivity contribution < 1.29 is 14.0 Å². The van der Waals surface area contributed by atoms with Gasteiger partial charge >= 0.3 is 0 Å². The minimum absolute atomic E-state index is 0.0305. The number of benzene rings is 2. The fraction of sp³-hybridized carbons (Fsp3) is 0.250. The summed E-state index contributed by atoms with van der Waals surface area (Å²) in [6, 6.07) is 12.7. The van der Waals surface area contributed by atoms with Crippen LogP contribution in [0.1, 0.15) is 36.7 Å². The van der Waals surface area contributed by atoms with E-state index in [1.54, 1.807) is 29.2 Å². The molecular formula is C32H36FN7O3. The Bertz CT molecular complexity index is 1640. The molecule has 2 amide bonds. The third-order valence-electron chi connectivity index (χ3n) is 7.20. The van der Waals surface area contributed by atoms with Gasteiger partial charge in [-0.1, -0.05) is 38.6 Å². The van der Waals surface area contributed by atoms with Crippen LogP contribution in [0.25, 0.3) is 11.3 Å². The number of carbonyl (C=O) groups is 2. The molecule has 43 heavy (non-hydrogen) atoms. The molecule has 4 rings (SSSR count). The van der Waals surface area contributed by atoms with Crippen LogP contribution in [0, 0.1) is 5.82 Å². The van der Waals surface area contributed by atoms with Gasteiger partial charge in [-0.25, -0.2) is 9.49 Å². The zero-order valence-corrected chi connectivity index (χ0v) is 24.5. The summed E-state index contributed by atoms with van der Waals surface area (Å²) < 4.78 is 14.7. The number of carbonyl (C=O) groups excluding carboxylic acids is 2. The second kappa shape index (κ2) is 13.4. The quantitative estimate of drug-likeness (QED) is 0.227. The summed E-state index contributed by atoms with van der Waals surface area (Å²) in [6.45, 7) is 11.8. The number of anilines is 2. The van der Waals surface area contributed by atoms with E-state index in [1.165, 1.54) is 24.3 Å². The van der Waals surface area contributed by atoms with Crippen molar-refractivity contribution in [3.8, 4) is 11.3 Å². The SMILES string of the molecule is C=C(/C=C\C(=C/C)N1CCNCC1=O)Nc1cc(-c2ccc(F)c(NC(=O)c3ccc(C(C)(C)CN)cc3)c2)n[nH]c1=O. The van der Waals surface area contributed by atoms with Gasteiger partial charge in [0.25, 0.3) is 11.5 Å². The average molecular weight is 586 g/mol. The van der Waals surface area contributed by atoms with Gasteiger partial charge in [0.1, 0.15) is 11.5 Å². The monoisotopic (exact) mass is 585 g/mol. The molecule has 0 spiro atoms.